The predicted octanol–water partition coefficient (Wildman–Crippen LogP) is 4.52. The summed E-state index contributed by atoms with van der Waals surface area (Å²) in [4.78, 5) is 0. The highest BCUT2D eigenvalue weighted by Crippen LogP contribution is 2.30. The van der Waals surface area contributed by atoms with Gasteiger partial charge >= 0.3 is 0 Å². The van der Waals surface area contributed by atoms with Crippen molar-refractivity contribution in [1.82, 2.24) is 0 Å². The van der Waals surface area contributed by atoms with E-state index in [1.807, 2.05) is 6.07 Å². The van der Waals surface area contributed by atoms with Crippen LogP contribution in [0.15, 0.2) is 22.7 Å². The summed E-state index contributed by atoms with van der Waals surface area (Å²) in [7, 11) is -1.74. The highest BCUT2D eigenvalue weighted by Gasteiger charge is 2.23. The fraction of sp³-hybridized carbons (Fsp3) is 0.364. The first-order chi connectivity index (χ1) is 7.33. The van der Waals surface area contributed by atoms with Gasteiger partial charge in [-0.3, -0.25) is 0 Å². The lowest BCUT2D eigenvalue weighted by Crippen LogP contribution is -2.27. The van der Waals surface area contributed by atoms with E-state index in [4.69, 9.17) is 21.3 Å². The highest BCUT2D eigenvalue weighted by atomic mass is 79.9. The van der Waals surface area contributed by atoms with Gasteiger partial charge in [0.2, 0.25) is 0 Å². The Labute approximate surface area is 110 Å². The van der Waals surface area contributed by atoms with Crippen molar-refractivity contribution in [2.75, 3.05) is 0 Å². The van der Waals surface area contributed by atoms with Crippen molar-refractivity contribution in [2.45, 2.75) is 25.7 Å². The van der Waals surface area contributed by atoms with E-state index in [-0.39, 0.29) is 0 Å². The van der Waals surface area contributed by atoms with Gasteiger partial charge in [0.1, 0.15) is 0 Å². The molecule has 2 nitrogen and oxygen atoms in total. The number of benzene rings is 1. The molecule has 5 heteroatoms. The standard InChI is InChI=1S/C11H13BrClNOSi/c1-16(2,3)15-11(7-14)9-5-4-8(13)6-10(9)12/h4-6,11H,1-3H3. The van der Waals surface area contributed by atoms with Crippen molar-refractivity contribution in [3.8, 4) is 6.07 Å². The quantitative estimate of drug-likeness (QED) is 0.768. The summed E-state index contributed by atoms with van der Waals surface area (Å²) in [5.74, 6) is 0. The minimum atomic E-state index is -1.74. The second kappa shape index (κ2) is 5.33. The van der Waals surface area contributed by atoms with E-state index in [0.29, 0.717) is 5.02 Å². The monoisotopic (exact) mass is 317 g/mol. The van der Waals surface area contributed by atoms with Crippen molar-refractivity contribution in [1.29, 1.82) is 5.26 Å². The molecule has 0 bridgehead atoms. The Balaban J connectivity index is 3.01. The van der Waals surface area contributed by atoms with Crippen LogP contribution < -0.4 is 0 Å². The number of halogens is 2. The lowest BCUT2D eigenvalue weighted by Gasteiger charge is -2.22. The van der Waals surface area contributed by atoms with Gasteiger partial charge < -0.3 is 4.43 Å². The van der Waals surface area contributed by atoms with Crippen LogP contribution in [0.2, 0.25) is 24.7 Å². The third kappa shape index (κ3) is 3.91. The molecular formula is C11H13BrClNOSi. The van der Waals surface area contributed by atoms with Gasteiger partial charge in [0, 0.05) is 15.1 Å². The zero-order valence-corrected chi connectivity index (χ0v) is 12.8. The van der Waals surface area contributed by atoms with Crippen LogP contribution in [0, 0.1) is 11.3 Å². The molecule has 0 spiro atoms. The van der Waals surface area contributed by atoms with Crippen LogP contribution in [0.3, 0.4) is 0 Å². The molecule has 86 valence electrons. The largest absolute Gasteiger partial charge is 0.399 e. The summed E-state index contributed by atoms with van der Waals surface area (Å²) in [6, 6.07) is 7.53. The molecule has 1 aromatic carbocycles. The fourth-order valence-corrected chi connectivity index (χ4v) is 3.00. The number of hydrogen-bond donors (Lipinski definition) is 0. The molecule has 1 aromatic rings. The maximum atomic E-state index is 9.13. The van der Waals surface area contributed by atoms with Crippen molar-refractivity contribution in [3.05, 3.63) is 33.3 Å². The van der Waals surface area contributed by atoms with E-state index in [0.717, 1.165) is 10.0 Å². The van der Waals surface area contributed by atoms with E-state index in [1.165, 1.54) is 0 Å². The smallest absolute Gasteiger partial charge is 0.186 e. The van der Waals surface area contributed by atoms with Crippen molar-refractivity contribution >= 4 is 35.8 Å². The highest BCUT2D eigenvalue weighted by molar-refractivity contribution is 9.10. The van der Waals surface area contributed by atoms with Crippen molar-refractivity contribution < 1.29 is 4.43 Å². The van der Waals surface area contributed by atoms with Gasteiger partial charge in [-0.1, -0.05) is 33.6 Å². The van der Waals surface area contributed by atoms with Crippen LogP contribution in [-0.4, -0.2) is 8.32 Å². The lowest BCUT2D eigenvalue weighted by atomic mass is 10.1. The Bertz CT molecular complexity index is 425. The van der Waals surface area contributed by atoms with Crippen LogP contribution in [0.1, 0.15) is 11.7 Å². The first-order valence-electron chi connectivity index (χ1n) is 4.86. The third-order valence-corrected chi connectivity index (χ3v) is 3.70. The molecule has 0 aromatic heterocycles. The number of rotatable bonds is 3. The second-order valence-electron chi connectivity index (χ2n) is 4.41. The molecule has 0 saturated carbocycles. The molecule has 0 N–H and O–H groups in total. The molecule has 0 aliphatic rings. The molecule has 16 heavy (non-hydrogen) atoms. The van der Waals surface area contributed by atoms with Gasteiger partial charge in [0.25, 0.3) is 0 Å². The van der Waals surface area contributed by atoms with Gasteiger partial charge in [0.15, 0.2) is 14.4 Å². The Morgan fingerprint density at radius 1 is 1.44 bits per heavy atom. The SMILES string of the molecule is C[Si](C)(C)OC(C#N)c1ccc(Cl)cc1Br. The minimum absolute atomic E-state index is 0.529. The normalized spacial score (nSPS) is 13.2. The molecule has 0 saturated heterocycles. The summed E-state index contributed by atoms with van der Waals surface area (Å²) < 4.78 is 6.61. The van der Waals surface area contributed by atoms with Crippen LogP contribution in [0.4, 0.5) is 0 Å². The lowest BCUT2D eigenvalue weighted by molar-refractivity contribution is 0.254. The average molecular weight is 319 g/mol. The topological polar surface area (TPSA) is 33.0 Å². The number of hydrogen-bond acceptors (Lipinski definition) is 2. The summed E-state index contributed by atoms with van der Waals surface area (Å²) in [5.41, 5.74) is 0.828. The van der Waals surface area contributed by atoms with Crippen molar-refractivity contribution in [2.24, 2.45) is 0 Å². The number of nitriles is 1. The molecule has 0 fully saturated rings. The van der Waals surface area contributed by atoms with Crippen LogP contribution >= 0.6 is 27.5 Å². The van der Waals surface area contributed by atoms with E-state index >= 15 is 0 Å². The molecule has 0 radical (unpaired) electrons. The number of nitrogens with zero attached hydrogens (tertiary/aromatic N) is 1. The van der Waals surface area contributed by atoms with Gasteiger partial charge in [-0.05, 0) is 31.8 Å². The van der Waals surface area contributed by atoms with Crippen LogP contribution in [-0.2, 0) is 4.43 Å². The van der Waals surface area contributed by atoms with Crippen LogP contribution in [0.5, 0.6) is 0 Å². The first-order valence-corrected chi connectivity index (χ1v) is 9.44. The second-order valence-corrected chi connectivity index (χ2v) is 10.2. The molecule has 0 aliphatic carbocycles. The summed E-state index contributed by atoms with van der Waals surface area (Å²) >= 11 is 9.25. The van der Waals surface area contributed by atoms with Crippen molar-refractivity contribution in [3.63, 3.8) is 0 Å². The molecule has 1 unspecified atom stereocenters. The van der Waals surface area contributed by atoms with E-state index in [2.05, 4.69) is 41.6 Å². The molecule has 0 heterocycles. The van der Waals surface area contributed by atoms with E-state index < -0.39 is 14.4 Å². The van der Waals surface area contributed by atoms with E-state index in [9.17, 15) is 0 Å². The maximum Gasteiger partial charge on any atom is 0.186 e. The Kier molecular flexibility index (Phi) is 4.57. The summed E-state index contributed by atoms with van der Waals surface area (Å²) in [6.45, 7) is 6.17. The van der Waals surface area contributed by atoms with Gasteiger partial charge in [-0.2, -0.15) is 5.26 Å². The maximum absolute atomic E-state index is 9.13. The molecule has 1 atom stereocenters. The Morgan fingerprint density at radius 3 is 2.50 bits per heavy atom. The molecule has 0 aliphatic heterocycles. The van der Waals surface area contributed by atoms with Gasteiger partial charge in [-0.25, -0.2) is 0 Å². The van der Waals surface area contributed by atoms with Gasteiger partial charge in [0.05, 0.1) is 6.07 Å². The summed E-state index contributed by atoms with van der Waals surface area (Å²) in [6.07, 6.45) is -0.529. The predicted molar refractivity (Wildman–Crippen MR) is 71.9 cm³/mol. The average Bonchev–Trinajstić information content (AvgIpc) is 2.13. The van der Waals surface area contributed by atoms with E-state index in [1.54, 1.807) is 12.1 Å². The third-order valence-electron chi connectivity index (χ3n) is 1.83. The molecule has 1 rings (SSSR count). The molecular weight excluding hydrogens is 306 g/mol. The summed E-state index contributed by atoms with van der Waals surface area (Å²) in [5, 5.41) is 9.77. The first kappa shape index (κ1) is 13.7. The zero-order valence-electron chi connectivity index (χ0n) is 9.42. The minimum Gasteiger partial charge on any atom is -0.399 e. The van der Waals surface area contributed by atoms with Crippen LogP contribution in [0.25, 0.3) is 0 Å². The zero-order chi connectivity index (χ0) is 12.3. The Morgan fingerprint density at radius 2 is 2.06 bits per heavy atom. The molecule has 0 amide bonds. The Hall–Kier alpha value is -0.343. The fourth-order valence-electron chi connectivity index (χ4n) is 1.23. The van der Waals surface area contributed by atoms with Gasteiger partial charge in [-0.15, -0.1) is 0 Å².